The SMILES string of the molecule is COc1ccc(Nc2ncc(C)c(CNC3CCOCC3)n2)cc1OCCCN1CCCC1. The molecule has 0 aliphatic carbocycles. The zero-order valence-electron chi connectivity index (χ0n) is 19.9. The summed E-state index contributed by atoms with van der Waals surface area (Å²) >= 11 is 0. The summed E-state index contributed by atoms with van der Waals surface area (Å²) in [4.78, 5) is 11.7. The molecule has 1 aromatic heterocycles. The maximum atomic E-state index is 6.06. The third-order valence-corrected chi connectivity index (χ3v) is 6.35. The number of nitrogens with one attached hydrogen (secondary N) is 2. The second kappa shape index (κ2) is 12.2. The number of methoxy groups -OCH3 is 1. The molecule has 2 aromatic rings. The topological polar surface area (TPSA) is 80.8 Å². The predicted octanol–water partition coefficient (Wildman–Crippen LogP) is 3.67. The number of benzene rings is 1. The van der Waals surface area contributed by atoms with E-state index in [1.807, 2.05) is 31.3 Å². The van der Waals surface area contributed by atoms with E-state index in [4.69, 9.17) is 19.2 Å². The van der Waals surface area contributed by atoms with Gasteiger partial charge in [-0.3, -0.25) is 0 Å². The van der Waals surface area contributed by atoms with Crippen LogP contribution in [0.15, 0.2) is 24.4 Å². The standard InChI is InChI=1S/C25H37N5O3/c1-19-17-27-25(29-22(19)18-26-20-8-14-32-15-9-20)28-21-6-7-23(31-2)24(16-21)33-13-5-12-30-10-3-4-11-30/h6-7,16-17,20,26H,3-5,8-15,18H2,1-2H3,(H,27,28,29). The zero-order chi connectivity index (χ0) is 22.9. The first kappa shape index (κ1) is 23.7. The number of hydrogen-bond donors (Lipinski definition) is 2. The van der Waals surface area contributed by atoms with Gasteiger partial charge in [-0.1, -0.05) is 0 Å². The number of ether oxygens (including phenoxy) is 3. The van der Waals surface area contributed by atoms with E-state index >= 15 is 0 Å². The summed E-state index contributed by atoms with van der Waals surface area (Å²) in [6, 6.07) is 6.31. The summed E-state index contributed by atoms with van der Waals surface area (Å²) in [6.45, 7) is 8.61. The lowest BCUT2D eigenvalue weighted by Gasteiger charge is -2.23. The van der Waals surface area contributed by atoms with Crippen LogP contribution in [0.25, 0.3) is 0 Å². The fourth-order valence-electron chi connectivity index (χ4n) is 4.33. The quantitative estimate of drug-likeness (QED) is 0.497. The Labute approximate surface area is 197 Å². The zero-order valence-corrected chi connectivity index (χ0v) is 19.9. The highest BCUT2D eigenvalue weighted by atomic mass is 16.5. The number of hydrogen-bond acceptors (Lipinski definition) is 8. The Morgan fingerprint density at radius 1 is 1.15 bits per heavy atom. The van der Waals surface area contributed by atoms with Crippen LogP contribution in [0.1, 0.15) is 43.4 Å². The van der Waals surface area contributed by atoms with Crippen molar-refractivity contribution in [3.05, 3.63) is 35.7 Å². The van der Waals surface area contributed by atoms with Crippen LogP contribution in [0, 0.1) is 6.92 Å². The lowest BCUT2D eigenvalue weighted by Crippen LogP contribution is -2.34. The number of nitrogens with zero attached hydrogens (tertiary/aromatic N) is 3. The van der Waals surface area contributed by atoms with Gasteiger partial charge in [0.25, 0.3) is 0 Å². The van der Waals surface area contributed by atoms with Crippen LogP contribution < -0.4 is 20.1 Å². The smallest absolute Gasteiger partial charge is 0.227 e. The monoisotopic (exact) mass is 455 g/mol. The molecule has 2 aliphatic heterocycles. The largest absolute Gasteiger partial charge is 0.493 e. The van der Waals surface area contributed by atoms with Crippen molar-refractivity contribution >= 4 is 11.6 Å². The molecule has 3 heterocycles. The molecule has 0 saturated carbocycles. The van der Waals surface area contributed by atoms with Crippen LogP contribution in [-0.2, 0) is 11.3 Å². The second-order valence-electron chi connectivity index (χ2n) is 8.83. The second-order valence-corrected chi connectivity index (χ2v) is 8.83. The molecule has 0 atom stereocenters. The number of aromatic nitrogens is 2. The summed E-state index contributed by atoms with van der Waals surface area (Å²) < 4.78 is 17.0. The lowest BCUT2D eigenvalue weighted by atomic mass is 10.1. The van der Waals surface area contributed by atoms with Crippen molar-refractivity contribution < 1.29 is 14.2 Å². The Morgan fingerprint density at radius 3 is 2.76 bits per heavy atom. The van der Waals surface area contributed by atoms with Gasteiger partial charge in [0.1, 0.15) is 0 Å². The van der Waals surface area contributed by atoms with E-state index in [-0.39, 0.29) is 0 Å². The normalized spacial score (nSPS) is 17.3. The molecular formula is C25H37N5O3. The number of likely N-dealkylation sites (tertiary alicyclic amines) is 1. The van der Waals surface area contributed by atoms with Crippen LogP contribution in [0.4, 0.5) is 11.6 Å². The molecule has 2 saturated heterocycles. The van der Waals surface area contributed by atoms with Gasteiger partial charge in [-0.05, 0) is 69.8 Å². The molecule has 8 heteroatoms. The molecule has 1 aromatic carbocycles. The van der Waals surface area contributed by atoms with E-state index in [2.05, 4.69) is 20.5 Å². The Bertz CT molecular complexity index is 882. The molecule has 8 nitrogen and oxygen atoms in total. The fraction of sp³-hybridized carbons (Fsp3) is 0.600. The van der Waals surface area contributed by atoms with Gasteiger partial charge in [0.05, 0.1) is 19.4 Å². The molecule has 0 radical (unpaired) electrons. The molecule has 0 bridgehead atoms. The van der Waals surface area contributed by atoms with Crippen LogP contribution in [0.2, 0.25) is 0 Å². The Morgan fingerprint density at radius 2 is 1.97 bits per heavy atom. The van der Waals surface area contributed by atoms with Crippen LogP contribution in [0.5, 0.6) is 11.5 Å². The van der Waals surface area contributed by atoms with Gasteiger partial charge in [0.2, 0.25) is 5.95 Å². The van der Waals surface area contributed by atoms with E-state index in [1.54, 1.807) is 7.11 Å². The molecule has 4 rings (SSSR count). The predicted molar refractivity (Wildman–Crippen MR) is 130 cm³/mol. The highest BCUT2D eigenvalue weighted by Crippen LogP contribution is 2.31. The summed E-state index contributed by atoms with van der Waals surface area (Å²) in [6.07, 6.45) is 7.60. The highest BCUT2D eigenvalue weighted by molar-refractivity contribution is 5.59. The van der Waals surface area contributed by atoms with E-state index in [0.717, 1.165) is 74.0 Å². The number of anilines is 2. The van der Waals surface area contributed by atoms with Crippen molar-refractivity contribution in [3.8, 4) is 11.5 Å². The van der Waals surface area contributed by atoms with Gasteiger partial charge in [0, 0.05) is 50.3 Å². The van der Waals surface area contributed by atoms with Gasteiger partial charge in [0.15, 0.2) is 11.5 Å². The first-order valence-electron chi connectivity index (χ1n) is 12.1. The minimum absolute atomic E-state index is 0.483. The highest BCUT2D eigenvalue weighted by Gasteiger charge is 2.15. The summed E-state index contributed by atoms with van der Waals surface area (Å²) in [7, 11) is 1.67. The van der Waals surface area contributed by atoms with Crippen molar-refractivity contribution in [2.45, 2.75) is 51.6 Å². The van der Waals surface area contributed by atoms with Crippen molar-refractivity contribution in [3.63, 3.8) is 0 Å². The van der Waals surface area contributed by atoms with E-state index in [0.29, 0.717) is 18.6 Å². The lowest BCUT2D eigenvalue weighted by molar-refractivity contribution is 0.0775. The van der Waals surface area contributed by atoms with E-state index in [1.165, 1.54) is 25.9 Å². The molecule has 0 unspecified atom stereocenters. The van der Waals surface area contributed by atoms with Crippen LogP contribution in [-0.4, -0.2) is 67.5 Å². The average Bonchev–Trinajstić information content (AvgIpc) is 3.37. The summed E-state index contributed by atoms with van der Waals surface area (Å²) in [5.74, 6) is 2.04. The first-order chi connectivity index (χ1) is 16.2. The Hall–Kier alpha value is -2.42. The fourth-order valence-corrected chi connectivity index (χ4v) is 4.33. The van der Waals surface area contributed by atoms with Crippen molar-refractivity contribution in [1.29, 1.82) is 0 Å². The third kappa shape index (κ3) is 7.03. The minimum atomic E-state index is 0.483. The molecule has 2 N–H and O–H groups in total. The van der Waals surface area contributed by atoms with Crippen molar-refractivity contribution in [2.75, 3.05) is 51.9 Å². The third-order valence-electron chi connectivity index (χ3n) is 6.35. The molecule has 0 amide bonds. The number of rotatable bonds is 11. The maximum Gasteiger partial charge on any atom is 0.227 e. The van der Waals surface area contributed by atoms with Gasteiger partial charge >= 0.3 is 0 Å². The van der Waals surface area contributed by atoms with E-state index < -0.39 is 0 Å². The van der Waals surface area contributed by atoms with Gasteiger partial charge in [-0.15, -0.1) is 0 Å². The average molecular weight is 456 g/mol. The van der Waals surface area contributed by atoms with E-state index in [9.17, 15) is 0 Å². The Balaban J connectivity index is 1.34. The van der Waals surface area contributed by atoms with Crippen molar-refractivity contribution in [2.24, 2.45) is 0 Å². The molecule has 2 fully saturated rings. The minimum Gasteiger partial charge on any atom is -0.493 e. The Kier molecular flexibility index (Phi) is 8.74. The maximum absolute atomic E-state index is 6.06. The molecule has 0 spiro atoms. The van der Waals surface area contributed by atoms with Gasteiger partial charge in [-0.25, -0.2) is 9.97 Å². The first-order valence-corrected chi connectivity index (χ1v) is 12.1. The van der Waals surface area contributed by atoms with Gasteiger partial charge in [-0.2, -0.15) is 0 Å². The van der Waals surface area contributed by atoms with Crippen LogP contribution >= 0.6 is 0 Å². The van der Waals surface area contributed by atoms with Crippen LogP contribution in [0.3, 0.4) is 0 Å². The molecule has 2 aliphatic rings. The molecule has 180 valence electrons. The number of aryl methyl sites for hydroxylation is 1. The molecular weight excluding hydrogens is 418 g/mol. The molecule has 33 heavy (non-hydrogen) atoms. The van der Waals surface area contributed by atoms with Crippen molar-refractivity contribution in [1.82, 2.24) is 20.2 Å². The van der Waals surface area contributed by atoms with Gasteiger partial charge < -0.3 is 29.7 Å². The summed E-state index contributed by atoms with van der Waals surface area (Å²) in [5, 5.41) is 6.93. The summed E-state index contributed by atoms with van der Waals surface area (Å²) in [5.41, 5.74) is 2.96.